The highest BCUT2D eigenvalue weighted by molar-refractivity contribution is 5.02. The van der Waals surface area contributed by atoms with Crippen molar-refractivity contribution in [2.45, 2.75) is 53.0 Å². The Morgan fingerprint density at radius 2 is 1.69 bits per heavy atom. The standard InChI is InChI=1S/C12H23N/c1-11(2,3)12(4)8-13(9-12)10-6-5-7-10/h10H,5-9H2,1-4H3. The van der Waals surface area contributed by atoms with Crippen LogP contribution in [0, 0.1) is 10.8 Å². The Bertz CT molecular complexity index is 192. The number of likely N-dealkylation sites (tertiary alicyclic amines) is 1. The first-order valence-electron chi connectivity index (χ1n) is 5.66. The molecule has 0 spiro atoms. The highest BCUT2D eigenvalue weighted by Crippen LogP contribution is 2.48. The molecule has 0 aromatic heterocycles. The van der Waals surface area contributed by atoms with Gasteiger partial charge in [0.15, 0.2) is 0 Å². The van der Waals surface area contributed by atoms with Crippen molar-refractivity contribution >= 4 is 0 Å². The molecule has 1 heteroatoms. The molecule has 0 amide bonds. The van der Waals surface area contributed by atoms with Crippen LogP contribution in [-0.4, -0.2) is 24.0 Å². The van der Waals surface area contributed by atoms with Crippen molar-refractivity contribution in [2.24, 2.45) is 10.8 Å². The summed E-state index contributed by atoms with van der Waals surface area (Å²) in [5.41, 5.74) is 1.05. The summed E-state index contributed by atoms with van der Waals surface area (Å²) in [6.07, 6.45) is 4.38. The van der Waals surface area contributed by atoms with Gasteiger partial charge >= 0.3 is 0 Å². The Morgan fingerprint density at radius 1 is 1.15 bits per heavy atom. The Kier molecular flexibility index (Phi) is 1.99. The molecule has 1 nitrogen and oxygen atoms in total. The van der Waals surface area contributed by atoms with E-state index in [0.29, 0.717) is 10.8 Å². The molecule has 0 aromatic rings. The van der Waals surface area contributed by atoms with E-state index in [1.165, 1.54) is 32.4 Å². The minimum absolute atomic E-state index is 0.479. The zero-order chi connectivity index (χ0) is 9.69. The maximum atomic E-state index is 2.69. The van der Waals surface area contributed by atoms with Crippen molar-refractivity contribution < 1.29 is 0 Å². The van der Waals surface area contributed by atoms with E-state index in [-0.39, 0.29) is 0 Å². The van der Waals surface area contributed by atoms with Crippen molar-refractivity contribution in [3.63, 3.8) is 0 Å². The van der Waals surface area contributed by atoms with E-state index in [1.807, 2.05) is 0 Å². The molecular formula is C12H23N. The molecule has 1 saturated heterocycles. The SMILES string of the molecule is CC(C)(C)C1(C)CN(C2CCC2)C1. The van der Waals surface area contributed by atoms with Crippen LogP contribution in [0.2, 0.25) is 0 Å². The van der Waals surface area contributed by atoms with Gasteiger partial charge in [0.2, 0.25) is 0 Å². The van der Waals surface area contributed by atoms with E-state index in [2.05, 4.69) is 32.6 Å². The Morgan fingerprint density at radius 3 is 2.00 bits per heavy atom. The van der Waals surface area contributed by atoms with Crippen molar-refractivity contribution in [1.82, 2.24) is 4.90 Å². The smallest absolute Gasteiger partial charge is 0.00957 e. The summed E-state index contributed by atoms with van der Waals surface area (Å²) >= 11 is 0. The monoisotopic (exact) mass is 181 g/mol. The van der Waals surface area contributed by atoms with Gasteiger partial charge in [-0.05, 0) is 23.7 Å². The maximum Gasteiger partial charge on any atom is 0.00957 e. The van der Waals surface area contributed by atoms with Gasteiger partial charge in [-0.2, -0.15) is 0 Å². The van der Waals surface area contributed by atoms with Gasteiger partial charge in [0.05, 0.1) is 0 Å². The van der Waals surface area contributed by atoms with E-state index in [0.717, 1.165) is 6.04 Å². The largest absolute Gasteiger partial charge is 0.299 e. The van der Waals surface area contributed by atoms with Crippen LogP contribution in [0.15, 0.2) is 0 Å². The van der Waals surface area contributed by atoms with Gasteiger partial charge in [-0.15, -0.1) is 0 Å². The minimum atomic E-state index is 0.479. The average Bonchev–Trinajstić information content (AvgIpc) is 1.76. The van der Waals surface area contributed by atoms with Crippen molar-refractivity contribution in [3.8, 4) is 0 Å². The Labute approximate surface area is 82.5 Å². The highest BCUT2D eigenvalue weighted by atomic mass is 15.2. The Balaban J connectivity index is 1.88. The third-order valence-electron chi connectivity index (χ3n) is 4.51. The fourth-order valence-electron chi connectivity index (χ4n) is 2.33. The van der Waals surface area contributed by atoms with E-state index in [4.69, 9.17) is 0 Å². The predicted octanol–water partition coefficient (Wildman–Crippen LogP) is 2.91. The van der Waals surface area contributed by atoms with Crippen LogP contribution in [-0.2, 0) is 0 Å². The normalized spacial score (nSPS) is 29.5. The van der Waals surface area contributed by atoms with E-state index < -0.39 is 0 Å². The molecule has 0 aromatic carbocycles. The number of hydrogen-bond donors (Lipinski definition) is 0. The summed E-state index contributed by atoms with van der Waals surface area (Å²) in [7, 11) is 0. The first-order valence-corrected chi connectivity index (χ1v) is 5.66. The van der Waals surface area contributed by atoms with Crippen LogP contribution in [0.4, 0.5) is 0 Å². The highest BCUT2D eigenvalue weighted by Gasteiger charge is 2.49. The average molecular weight is 181 g/mol. The molecule has 0 atom stereocenters. The molecule has 2 rings (SSSR count). The minimum Gasteiger partial charge on any atom is -0.299 e. The van der Waals surface area contributed by atoms with Gasteiger partial charge in [-0.25, -0.2) is 0 Å². The lowest BCUT2D eigenvalue weighted by Crippen LogP contribution is -2.64. The molecule has 76 valence electrons. The molecule has 1 aliphatic carbocycles. The second-order valence-electron chi connectivity index (χ2n) is 6.30. The lowest BCUT2D eigenvalue weighted by molar-refractivity contribution is -0.102. The Hall–Kier alpha value is -0.0400. The molecule has 0 unspecified atom stereocenters. The first-order chi connectivity index (χ1) is 5.92. The molecule has 1 heterocycles. The fourth-order valence-corrected chi connectivity index (χ4v) is 2.33. The zero-order valence-corrected chi connectivity index (χ0v) is 9.56. The topological polar surface area (TPSA) is 3.24 Å². The summed E-state index contributed by atoms with van der Waals surface area (Å²) in [5.74, 6) is 0. The molecule has 2 aliphatic rings. The lowest BCUT2D eigenvalue weighted by atomic mass is 9.62. The van der Waals surface area contributed by atoms with Crippen LogP contribution in [0.3, 0.4) is 0 Å². The number of rotatable bonds is 1. The molecule has 2 fully saturated rings. The van der Waals surface area contributed by atoms with E-state index >= 15 is 0 Å². The van der Waals surface area contributed by atoms with Crippen LogP contribution < -0.4 is 0 Å². The molecule has 1 aliphatic heterocycles. The van der Waals surface area contributed by atoms with Crippen LogP contribution >= 0.6 is 0 Å². The quantitative estimate of drug-likeness (QED) is 0.601. The predicted molar refractivity (Wildman–Crippen MR) is 56.8 cm³/mol. The fraction of sp³-hybridized carbons (Fsp3) is 1.00. The van der Waals surface area contributed by atoms with Crippen LogP contribution in [0.1, 0.15) is 47.0 Å². The maximum absolute atomic E-state index is 2.69. The molecule has 0 N–H and O–H groups in total. The van der Waals surface area contributed by atoms with E-state index in [9.17, 15) is 0 Å². The summed E-state index contributed by atoms with van der Waals surface area (Å²) in [4.78, 5) is 2.69. The third-order valence-corrected chi connectivity index (χ3v) is 4.51. The van der Waals surface area contributed by atoms with Crippen molar-refractivity contribution in [1.29, 1.82) is 0 Å². The van der Waals surface area contributed by atoms with Crippen LogP contribution in [0.25, 0.3) is 0 Å². The second-order valence-corrected chi connectivity index (χ2v) is 6.30. The zero-order valence-electron chi connectivity index (χ0n) is 9.56. The second kappa shape index (κ2) is 2.73. The van der Waals surface area contributed by atoms with Crippen molar-refractivity contribution in [2.75, 3.05) is 13.1 Å². The third kappa shape index (κ3) is 1.41. The molecular weight excluding hydrogens is 158 g/mol. The van der Waals surface area contributed by atoms with Crippen LogP contribution in [0.5, 0.6) is 0 Å². The van der Waals surface area contributed by atoms with Gasteiger partial charge in [0.1, 0.15) is 0 Å². The van der Waals surface area contributed by atoms with Gasteiger partial charge in [0.25, 0.3) is 0 Å². The van der Waals surface area contributed by atoms with Gasteiger partial charge < -0.3 is 0 Å². The summed E-state index contributed by atoms with van der Waals surface area (Å²) in [6.45, 7) is 12.3. The first kappa shape index (κ1) is 9.51. The summed E-state index contributed by atoms with van der Waals surface area (Å²) in [5, 5.41) is 0. The summed E-state index contributed by atoms with van der Waals surface area (Å²) < 4.78 is 0. The number of nitrogens with zero attached hydrogens (tertiary/aromatic N) is 1. The number of hydrogen-bond acceptors (Lipinski definition) is 1. The van der Waals surface area contributed by atoms with Crippen molar-refractivity contribution in [3.05, 3.63) is 0 Å². The van der Waals surface area contributed by atoms with E-state index in [1.54, 1.807) is 0 Å². The molecule has 1 saturated carbocycles. The molecule has 13 heavy (non-hydrogen) atoms. The van der Waals surface area contributed by atoms with Gasteiger partial charge in [-0.3, -0.25) is 4.90 Å². The van der Waals surface area contributed by atoms with Gasteiger partial charge in [-0.1, -0.05) is 34.1 Å². The lowest BCUT2D eigenvalue weighted by Gasteiger charge is -2.59. The van der Waals surface area contributed by atoms with Gasteiger partial charge in [0, 0.05) is 19.1 Å². The molecule has 0 radical (unpaired) electrons. The molecule has 0 bridgehead atoms. The summed E-state index contributed by atoms with van der Waals surface area (Å²) in [6, 6.07) is 0.954.